The van der Waals surface area contributed by atoms with E-state index in [1.54, 1.807) is 12.0 Å². The Hall–Kier alpha value is -1.69. The summed E-state index contributed by atoms with van der Waals surface area (Å²) in [5.41, 5.74) is 0.301. The van der Waals surface area contributed by atoms with Crippen LogP contribution in [-0.2, 0) is 4.74 Å². The monoisotopic (exact) mass is 295 g/mol. The first-order valence-electron chi connectivity index (χ1n) is 7.33. The number of piperidine rings is 1. The number of likely N-dealkylation sites (tertiary alicyclic amines) is 1. The van der Waals surface area contributed by atoms with Crippen LogP contribution in [0, 0.1) is 11.7 Å². The van der Waals surface area contributed by atoms with Crippen LogP contribution >= 0.6 is 0 Å². The topological polar surface area (TPSA) is 54.5 Å². The largest absolute Gasteiger partial charge is 0.384 e. The summed E-state index contributed by atoms with van der Waals surface area (Å²) in [6, 6.07) is 1.26. The second kappa shape index (κ2) is 7.36. The quantitative estimate of drug-likeness (QED) is 0.904. The standard InChI is InChI=1S/C15H22FN3O2/c1-3-17-14-13(7-12(16)8-18-14)15(20)19-6-4-5-11(9-19)10-21-2/h7-8,11H,3-6,9-10H2,1-2H3,(H,17,18). The molecule has 1 aliphatic heterocycles. The average molecular weight is 295 g/mol. The van der Waals surface area contributed by atoms with Crippen LogP contribution in [0.2, 0.25) is 0 Å². The van der Waals surface area contributed by atoms with Crippen LogP contribution in [0.3, 0.4) is 0 Å². The highest BCUT2D eigenvalue weighted by Gasteiger charge is 2.26. The first-order chi connectivity index (χ1) is 10.2. The number of amides is 1. The number of nitrogens with zero attached hydrogens (tertiary/aromatic N) is 2. The molecule has 1 N–H and O–H groups in total. The smallest absolute Gasteiger partial charge is 0.257 e. The summed E-state index contributed by atoms with van der Waals surface area (Å²) in [5.74, 6) is 0.124. The highest BCUT2D eigenvalue weighted by Crippen LogP contribution is 2.22. The van der Waals surface area contributed by atoms with Crippen molar-refractivity contribution in [2.75, 3.05) is 38.7 Å². The predicted octanol–water partition coefficient (Wildman–Crippen LogP) is 2.15. The molecular formula is C15H22FN3O2. The summed E-state index contributed by atoms with van der Waals surface area (Å²) < 4.78 is 18.6. The zero-order valence-electron chi connectivity index (χ0n) is 12.6. The van der Waals surface area contributed by atoms with Crippen molar-refractivity contribution in [1.82, 2.24) is 9.88 Å². The maximum atomic E-state index is 13.4. The van der Waals surface area contributed by atoms with E-state index in [1.165, 1.54) is 6.07 Å². The van der Waals surface area contributed by atoms with Gasteiger partial charge in [0.25, 0.3) is 5.91 Å². The summed E-state index contributed by atoms with van der Waals surface area (Å²) in [6.07, 6.45) is 3.12. The van der Waals surface area contributed by atoms with Crippen molar-refractivity contribution < 1.29 is 13.9 Å². The van der Waals surface area contributed by atoms with E-state index in [0.717, 1.165) is 19.0 Å². The van der Waals surface area contributed by atoms with Gasteiger partial charge in [0.2, 0.25) is 0 Å². The number of pyridine rings is 1. The molecular weight excluding hydrogens is 273 g/mol. The first-order valence-corrected chi connectivity index (χ1v) is 7.33. The molecule has 21 heavy (non-hydrogen) atoms. The Morgan fingerprint density at radius 3 is 3.14 bits per heavy atom. The van der Waals surface area contributed by atoms with Gasteiger partial charge in [-0.15, -0.1) is 0 Å². The molecule has 0 aromatic carbocycles. The second-order valence-corrected chi connectivity index (χ2v) is 5.29. The van der Waals surface area contributed by atoms with Crippen molar-refractivity contribution in [3.8, 4) is 0 Å². The molecule has 1 amide bonds. The van der Waals surface area contributed by atoms with Crippen LogP contribution in [0.15, 0.2) is 12.3 Å². The molecule has 0 spiro atoms. The lowest BCUT2D eigenvalue weighted by atomic mass is 9.98. The number of nitrogens with one attached hydrogen (secondary N) is 1. The lowest BCUT2D eigenvalue weighted by molar-refractivity contribution is 0.0571. The van der Waals surface area contributed by atoms with Crippen molar-refractivity contribution in [2.24, 2.45) is 5.92 Å². The summed E-state index contributed by atoms with van der Waals surface area (Å²) in [6.45, 7) is 4.53. The van der Waals surface area contributed by atoms with Crippen LogP contribution in [0.4, 0.5) is 10.2 Å². The Morgan fingerprint density at radius 2 is 2.43 bits per heavy atom. The van der Waals surface area contributed by atoms with Crippen molar-refractivity contribution in [1.29, 1.82) is 0 Å². The van der Waals surface area contributed by atoms with Gasteiger partial charge in [0.1, 0.15) is 11.6 Å². The molecule has 1 saturated heterocycles. The Morgan fingerprint density at radius 1 is 1.62 bits per heavy atom. The Balaban J connectivity index is 2.16. The zero-order valence-corrected chi connectivity index (χ0v) is 12.6. The number of methoxy groups -OCH3 is 1. The highest BCUT2D eigenvalue weighted by atomic mass is 19.1. The van der Waals surface area contributed by atoms with E-state index < -0.39 is 5.82 Å². The van der Waals surface area contributed by atoms with Gasteiger partial charge in [0, 0.05) is 26.7 Å². The zero-order chi connectivity index (χ0) is 15.2. The Labute approximate surface area is 124 Å². The van der Waals surface area contributed by atoms with Crippen LogP contribution in [-0.4, -0.2) is 49.1 Å². The molecule has 0 saturated carbocycles. The second-order valence-electron chi connectivity index (χ2n) is 5.29. The first kappa shape index (κ1) is 15.7. The van der Waals surface area contributed by atoms with Gasteiger partial charge in [-0.1, -0.05) is 0 Å². The van der Waals surface area contributed by atoms with Gasteiger partial charge >= 0.3 is 0 Å². The number of carbonyl (C=O) groups is 1. The molecule has 0 bridgehead atoms. The minimum absolute atomic E-state index is 0.168. The van der Waals surface area contributed by atoms with E-state index in [2.05, 4.69) is 10.3 Å². The fourth-order valence-corrected chi connectivity index (χ4v) is 2.70. The molecule has 1 atom stereocenters. The molecule has 6 heteroatoms. The van der Waals surface area contributed by atoms with Gasteiger partial charge < -0.3 is 15.0 Å². The van der Waals surface area contributed by atoms with E-state index >= 15 is 0 Å². The summed E-state index contributed by atoms with van der Waals surface area (Å²) in [4.78, 5) is 18.4. The van der Waals surface area contributed by atoms with Gasteiger partial charge in [0.05, 0.1) is 18.4 Å². The number of ether oxygens (including phenoxy) is 1. The molecule has 116 valence electrons. The summed E-state index contributed by atoms with van der Waals surface area (Å²) in [5, 5.41) is 3.01. The number of hydrogen-bond donors (Lipinski definition) is 1. The minimum atomic E-state index is -0.495. The SMILES string of the molecule is CCNc1ncc(F)cc1C(=O)N1CCCC(COC)C1. The average Bonchev–Trinajstić information content (AvgIpc) is 2.49. The normalized spacial score (nSPS) is 18.6. The number of halogens is 1. The number of carbonyl (C=O) groups excluding carboxylic acids is 1. The van der Waals surface area contributed by atoms with Gasteiger partial charge in [-0.2, -0.15) is 0 Å². The van der Waals surface area contributed by atoms with Gasteiger partial charge in [-0.05, 0) is 31.7 Å². The van der Waals surface area contributed by atoms with E-state index in [-0.39, 0.29) is 5.91 Å². The molecule has 1 aromatic rings. The summed E-state index contributed by atoms with van der Waals surface area (Å²) in [7, 11) is 1.67. The van der Waals surface area contributed by atoms with Crippen LogP contribution in [0.5, 0.6) is 0 Å². The van der Waals surface area contributed by atoms with Crippen molar-refractivity contribution in [2.45, 2.75) is 19.8 Å². The maximum Gasteiger partial charge on any atom is 0.257 e. The molecule has 0 aliphatic carbocycles. The van der Waals surface area contributed by atoms with Crippen molar-refractivity contribution in [3.05, 3.63) is 23.6 Å². The number of rotatable bonds is 5. The number of anilines is 1. The van der Waals surface area contributed by atoms with Gasteiger partial charge in [-0.3, -0.25) is 4.79 Å². The van der Waals surface area contributed by atoms with Crippen molar-refractivity contribution in [3.63, 3.8) is 0 Å². The lowest BCUT2D eigenvalue weighted by Gasteiger charge is -2.32. The molecule has 1 unspecified atom stereocenters. The van der Waals surface area contributed by atoms with Gasteiger partial charge in [-0.25, -0.2) is 9.37 Å². The van der Waals surface area contributed by atoms with E-state index in [1.807, 2.05) is 6.92 Å². The highest BCUT2D eigenvalue weighted by molar-refractivity contribution is 5.98. The van der Waals surface area contributed by atoms with Crippen molar-refractivity contribution >= 4 is 11.7 Å². The maximum absolute atomic E-state index is 13.4. The van der Waals surface area contributed by atoms with E-state index in [9.17, 15) is 9.18 Å². The predicted molar refractivity (Wildman–Crippen MR) is 78.9 cm³/mol. The Bertz CT molecular complexity index is 494. The third-order valence-electron chi connectivity index (χ3n) is 3.64. The van der Waals surface area contributed by atoms with Gasteiger partial charge in [0.15, 0.2) is 0 Å². The third kappa shape index (κ3) is 3.91. The van der Waals surface area contributed by atoms with E-state index in [0.29, 0.717) is 43.5 Å². The molecule has 0 radical (unpaired) electrons. The molecule has 2 rings (SSSR count). The molecule has 1 fully saturated rings. The lowest BCUT2D eigenvalue weighted by Crippen LogP contribution is -2.41. The fourth-order valence-electron chi connectivity index (χ4n) is 2.70. The number of aromatic nitrogens is 1. The third-order valence-corrected chi connectivity index (χ3v) is 3.64. The fraction of sp³-hybridized carbons (Fsp3) is 0.600. The molecule has 1 aliphatic rings. The number of hydrogen-bond acceptors (Lipinski definition) is 4. The molecule has 5 nitrogen and oxygen atoms in total. The summed E-state index contributed by atoms with van der Waals surface area (Å²) >= 11 is 0. The van der Waals surface area contributed by atoms with E-state index in [4.69, 9.17) is 4.74 Å². The minimum Gasteiger partial charge on any atom is -0.384 e. The molecule has 1 aromatic heterocycles. The van der Waals surface area contributed by atoms with Crippen LogP contribution < -0.4 is 5.32 Å². The Kier molecular flexibility index (Phi) is 5.50. The van der Waals surface area contributed by atoms with Crippen LogP contribution in [0.1, 0.15) is 30.1 Å². The molecule has 2 heterocycles. The van der Waals surface area contributed by atoms with Crippen LogP contribution in [0.25, 0.3) is 0 Å².